The van der Waals surface area contributed by atoms with Gasteiger partial charge in [0.05, 0.1) is 0 Å². The van der Waals surface area contributed by atoms with E-state index in [1.807, 2.05) is 6.07 Å². The fraction of sp³-hybridized carbons (Fsp3) is 0.182. The topological polar surface area (TPSA) is 0 Å². The molecule has 0 nitrogen and oxygen atoms in total. The second kappa shape index (κ2) is 4.73. The van der Waals surface area contributed by atoms with Crippen LogP contribution in [0.3, 0.4) is 0 Å². The van der Waals surface area contributed by atoms with E-state index in [-0.39, 0.29) is 0 Å². The summed E-state index contributed by atoms with van der Waals surface area (Å²) in [4.78, 5) is 0. The molecule has 11 heavy (non-hydrogen) atoms. The molecule has 1 aromatic carbocycles. The maximum atomic E-state index is 3.73. The predicted octanol–water partition coefficient (Wildman–Crippen LogP) is 3.01. The fourth-order valence-corrected chi connectivity index (χ4v) is 0.951. The van der Waals surface area contributed by atoms with E-state index in [9.17, 15) is 0 Å². The Kier molecular flexibility index (Phi) is 3.46. The highest BCUT2D eigenvalue weighted by Crippen LogP contribution is 1.99. The highest BCUT2D eigenvalue weighted by Gasteiger charge is 1.83. The number of allylic oxidation sites excluding steroid dienone is 2. The minimum atomic E-state index is 0.882. The van der Waals surface area contributed by atoms with Crippen LogP contribution >= 0.6 is 0 Å². The van der Waals surface area contributed by atoms with Crippen molar-refractivity contribution in [2.24, 2.45) is 0 Å². The Bertz CT molecular complexity index is 209. The first-order chi connectivity index (χ1) is 5.43. The molecule has 0 saturated heterocycles. The maximum Gasteiger partial charge on any atom is -0.00975 e. The first kappa shape index (κ1) is 8.06. The Morgan fingerprint density at radius 3 is 2.45 bits per heavy atom. The minimum Gasteiger partial charge on any atom is -0.0882 e. The van der Waals surface area contributed by atoms with Gasteiger partial charge in [-0.1, -0.05) is 42.5 Å². The third kappa shape index (κ3) is 3.03. The molecule has 0 aromatic heterocycles. The normalized spacial score (nSPS) is 10.6. The van der Waals surface area contributed by atoms with Crippen molar-refractivity contribution in [3.05, 3.63) is 55.0 Å². The van der Waals surface area contributed by atoms with Crippen LogP contribution in [0.1, 0.15) is 12.0 Å². The van der Waals surface area contributed by atoms with Crippen LogP contribution in [-0.4, -0.2) is 0 Å². The Hall–Kier alpha value is -1.04. The molecule has 0 unspecified atom stereocenters. The van der Waals surface area contributed by atoms with Crippen LogP contribution in [0.15, 0.2) is 42.5 Å². The van der Waals surface area contributed by atoms with E-state index in [1.165, 1.54) is 5.56 Å². The summed E-state index contributed by atoms with van der Waals surface area (Å²) >= 11 is 0. The lowest BCUT2D eigenvalue weighted by Crippen LogP contribution is -1.77. The summed E-state index contributed by atoms with van der Waals surface area (Å²) in [5.74, 6) is 0. The molecular weight excluding hydrogens is 132 g/mol. The maximum absolute atomic E-state index is 3.73. The van der Waals surface area contributed by atoms with E-state index in [4.69, 9.17) is 0 Å². The molecule has 0 spiro atoms. The predicted molar refractivity (Wildman–Crippen MR) is 49.3 cm³/mol. The van der Waals surface area contributed by atoms with E-state index in [0.29, 0.717) is 0 Å². The molecule has 1 aromatic rings. The van der Waals surface area contributed by atoms with Crippen molar-refractivity contribution in [2.75, 3.05) is 0 Å². The molecular formula is C11H13. The molecule has 57 valence electrons. The molecule has 0 atom stereocenters. The summed E-state index contributed by atoms with van der Waals surface area (Å²) in [6, 6.07) is 10.4. The van der Waals surface area contributed by atoms with Gasteiger partial charge in [-0.05, 0) is 25.3 Å². The lowest BCUT2D eigenvalue weighted by Gasteiger charge is -1.92. The van der Waals surface area contributed by atoms with Gasteiger partial charge in [-0.3, -0.25) is 0 Å². The molecule has 0 heterocycles. The molecule has 0 amide bonds. The van der Waals surface area contributed by atoms with Crippen molar-refractivity contribution in [1.29, 1.82) is 0 Å². The lowest BCUT2D eigenvalue weighted by molar-refractivity contribution is 1.24. The molecule has 0 N–H and O–H groups in total. The number of rotatable bonds is 3. The smallest absolute Gasteiger partial charge is 0.00975 e. The molecule has 0 aliphatic carbocycles. The molecule has 1 rings (SSSR count). The van der Waals surface area contributed by atoms with E-state index in [0.717, 1.165) is 12.8 Å². The first-order valence-corrected chi connectivity index (χ1v) is 3.91. The summed E-state index contributed by atoms with van der Waals surface area (Å²) < 4.78 is 0. The Morgan fingerprint density at radius 1 is 1.09 bits per heavy atom. The summed E-state index contributed by atoms with van der Waals surface area (Å²) in [5, 5.41) is 0. The quantitative estimate of drug-likeness (QED) is 0.573. The van der Waals surface area contributed by atoms with Crippen molar-refractivity contribution in [3.8, 4) is 0 Å². The molecule has 0 aliphatic heterocycles. The van der Waals surface area contributed by atoms with Crippen LogP contribution in [0.4, 0.5) is 0 Å². The molecule has 0 aliphatic rings. The standard InChI is InChI=1S/C11H13/c1-2-3-5-8-11-9-6-4-7-10-11/h3-7,9-10H,1-2,8H2. The van der Waals surface area contributed by atoms with Gasteiger partial charge in [0.1, 0.15) is 0 Å². The molecule has 1 radical (unpaired) electrons. The Labute approximate surface area is 68.6 Å². The summed E-state index contributed by atoms with van der Waals surface area (Å²) in [6.45, 7) is 3.73. The minimum absolute atomic E-state index is 0.882. The van der Waals surface area contributed by atoms with E-state index < -0.39 is 0 Å². The largest absolute Gasteiger partial charge is 0.0882 e. The van der Waals surface area contributed by atoms with Crippen molar-refractivity contribution in [1.82, 2.24) is 0 Å². The second-order valence-corrected chi connectivity index (χ2v) is 2.45. The highest BCUT2D eigenvalue weighted by molar-refractivity contribution is 5.17. The van der Waals surface area contributed by atoms with Crippen LogP contribution in [0.2, 0.25) is 0 Å². The van der Waals surface area contributed by atoms with Crippen molar-refractivity contribution < 1.29 is 0 Å². The van der Waals surface area contributed by atoms with Crippen LogP contribution in [-0.2, 0) is 6.42 Å². The van der Waals surface area contributed by atoms with Gasteiger partial charge in [0.2, 0.25) is 0 Å². The monoisotopic (exact) mass is 145 g/mol. The van der Waals surface area contributed by atoms with Gasteiger partial charge in [0, 0.05) is 0 Å². The lowest BCUT2D eigenvalue weighted by atomic mass is 10.1. The highest BCUT2D eigenvalue weighted by atomic mass is 13.9. The van der Waals surface area contributed by atoms with Crippen molar-refractivity contribution in [2.45, 2.75) is 12.8 Å². The fourth-order valence-electron chi connectivity index (χ4n) is 0.951. The van der Waals surface area contributed by atoms with Crippen molar-refractivity contribution in [3.63, 3.8) is 0 Å². The van der Waals surface area contributed by atoms with E-state index in [1.54, 1.807) is 0 Å². The van der Waals surface area contributed by atoms with E-state index in [2.05, 4.69) is 43.3 Å². The molecule has 0 heteroatoms. The van der Waals surface area contributed by atoms with Gasteiger partial charge in [0.25, 0.3) is 0 Å². The van der Waals surface area contributed by atoms with Gasteiger partial charge in [0.15, 0.2) is 0 Å². The first-order valence-electron chi connectivity index (χ1n) is 3.91. The Morgan fingerprint density at radius 2 is 1.82 bits per heavy atom. The number of hydrogen-bond donors (Lipinski definition) is 0. The third-order valence-electron chi connectivity index (χ3n) is 1.53. The Balaban J connectivity index is 2.45. The number of hydrogen-bond acceptors (Lipinski definition) is 0. The van der Waals surface area contributed by atoms with E-state index >= 15 is 0 Å². The van der Waals surface area contributed by atoms with Crippen LogP contribution in [0.25, 0.3) is 0 Å². The number of benzene rings is 1. The molecule has 0 fully saturated rings. The van der Waals surface area contributed by atoms with Gasteiger partial charge < -0.3 is 0 Å². The van der Waals surface area contributed by atoms with Crippen LogP contribution < -0.4 is 0 Å². The van der Waals surface area contributed by atoms with Crippen LogP contribution in [0, 0.1) is 6.92 Å². The second-order valence-electron chi connectivity index (χ2n) is 2.45. The summed E-state index contributed by atoms with van der Waals surface area (Å²) in [6.07, 6.45) is 6.15. The van der Waals surface area contributed by atoms with Gasteiger partial charge in [-0.15, -0.1) is 0 Å². The SMILES string of the molecule is [CH2]CC=CCc1ccccc1. The third-order valence-corrected chi connectivity index (χ3v) is 1.53. The summed E-state index contributed by atoms with van der Waals surface area (Å²) in [5.41, 5.74) is 1.36. The zero-order valence-electron chi connectivity index (χ0n) is 6.66. The van der Waals surface area contributed by atoms with Crippen LogP contribution in [0.5, 0.6) is 0 Å². The molecule has 0 bridgehead atoms. The average molecular weight is 145 g/mol. The zero-order valence-corrected chi connectivity index (χ0v) is 6.66. The zero-order chi connectivity index (χ0) is 7.94. The van der Waals surface area contributed by atoms with Gasteiger partial charge in [-0.2, -0.15) is 0 Å². The average Bonchev–Trinajstić information content (AvgIpc) is 2.07. The molecule has 0 saturated carbocycles. The van der Waals surface area contributed by atoms with Gasteiger partial charge in [-0.25, -0.2) is 0 Å². The van der Waals surface area contributed by atoms with Gasteiger partial charge >= 0.3 is 0 Å². The summed E-state index contributed by atoms with van der Waals surface area (Å²) in [7, 11) is 0. The van der Waals surface area contributed by atoms with Crippen molar-refractivity contribution >= 4 is 0 Å².